The van der Waals surface area contributed by atoms with Crippen molar-refractivity contribution < 1.29 is 8.42 Å². The van der Waals surface area contributed by atoms with Crippen LogP contribution in [0.4, 0.5) is 0 Å². The van der Waals surface area contributed by atoms with Crippen molar-refractivity contribution in [3.8, 4) is 0 Å². The highest BCUT2D eigenvalue weighted by atomic mass is 79.9. The van der Waals surface area contributed by atoms with E-state index < -0.39 is 9.05 Å². The molecule has 0 atom stereocenters. The normalized spacial score (nSPS) is 13.6. The van der Waals surface area contributed by atoms with Gasteiger partial charge in [-0.15, -0.1) is 0 Å². The fraction of sp³-hybridized carbons (Fsp3) is 0.250. The molecule has 0 aromatic rings. The van der Waals surface area contributed by atoms with Gasteiger partial charge in [0.25, 0.3) is 9.05 Å². The Morgan fingerprint density at radius 2 is 2.08 bits per heavy atom. The van der Waals surface area contributed by atoms with Crippen LogP contribution in [0.5, 0.6) is 0 Å². The Bertz CT molecular complexity index is 341. The zero-order chi connectivity index (χ0) is 10.5. The van der Waals surface area contributed by atoms with Crippen molar-refractivity contribution in [2.75, 3.05) is 5.33 Å². The van der Waals surface area contributed by atoms with Crippen molar-refractivity contribution in [3.63, 3.8) is 0 Å². The first-order valence-corrected chi connectivity index (χ1v) is 6.87. The molecule has 0 aromatic heterocycles. The molecule has 0 N–H and O–H groups in total. The lowest BCUT2D eigenvalue weighted by Crippen LogP contribution is -1.91. The van der Waals surface area contributed by atoms with E-state index in [0.717, 1.165) is 5.57 Å². The Morgan fingerprint density at radius 3 is 2.38 bits per heavy atom. The summed E-state index contributed by atoms with van der Waals surface area (Å²) < 4.78 is 21.7. The maximum atomic E-state index is 10.9. The van der Waals surface area contributed by atoms with Gasteiger partial charge in [-0.25, -0.2) is 8.42 Å². The van der Waals surface area contributed by atoms with E-state index in [2.05, 4.69) is 22.5 Å². The maximum absolute atomic E-state index is 10.9. The van der Waals surface area contributed by atoms with Gasteiger partial charge in [0.15, 0.2) is 0 Å². The van der Waals surface area contributed by atoms with E-state index in [9.17, 15) is 8.42 Å². The lowest BCUT2D eigenvalue weighted by atomic mass is 10.3. The number of allylic oxidation sites excluding steroid dienone is 4. The van der Waals surface area contributed by atoms with Gasteiger partial charge in [0.2, 0.25) is 0 Å². The lowest BCUT2D eigenvalue weighted by Gasteiger charge is -1.95. The Kier molecular flexibility index (Phi) is 5.60. The molecule has 0 heterocycles. The van der Waals surface area contributed by atoms with Gasteiger partial charge in [-0.05, 0) is 18.6 Å². The molecule has 0 aliphatic heterocycles. The average Bonchev–Trinajstić information content (AvgIpc) is 2.02. The van der Waals surface area contributed by atoms with Crippen LogP contribution in [0.25, 0.3) is 0 Å². The third-order valence-electron chi connectivity index (χ3n) is 1.22. The summed E-state index contributed by atoms with van der Waals surface area (Å²) in [5.41, 5.74) is 0.777. The third-order valence-corrected chi connectivity index (χ3v) is 3.41. The molecule has 0 amide bonds. The van der Waals surface area contributed by atoms with Crippen LogP contribution in [0.2, 0.25) is 0 Å². The molecule has 0 aromatic carbocycles. The molecule has 0 radical (unpaired) electrons. The maximum Gasteiger partial charge on any atom is 0.260 e. The van der Waals surface area contributed by atoms with Crippen molar-refractivity contribution in [1.82, 2.24) is 0 Å². The van der Waals surface area contributed by atoms with Crippen molar-refractivity contribution in [3.05, 3.63) is 35.3 Å². The Morgan fingerprint density at radius 1 is 1.54 bits per heavy atom. The number of halogens is 2. The highest BCUT2D eigenvalue weighted by Gasteiger charge is 2.08. The molecule has 0 saturated heterocycles. The van der Waals surface area contributed by atoms with Crippen LogP contribution in [0, 0.1) is 0 Å². The zero-order valence-electron chi connectivity index (χ0n) is 7.13. The Balaban J connectivity index is 4.70. The predicted octanol–water partition coefficient (Wildman–Crippen LogP) is 2.97. The van der Waals surface area contributed by atoms with Gasteiger partial charge in [-0.3, -0.25) is 0 Å². The molecule has 0 rings (SSSR count). The van der Waals surface area contributed by atoms with Crippen molar-refractivity contribution in [2.24, 2.45) is 0 Å². The molecule has 0 bridgehead atoms. The van der Waals surface area contributed by atoms with Crippen LogP contribution >= 0.6 is 26.6 Å². The van der Waals surface area contributed by atoms with E-state index in [1.165, 1.54) is 12.2 Å². The van der Waals surface area contributed by atoms with E-state index >= 15 is 0 Å². The second-order valence-electron chi connectivity index (χ2n) is 2.25. The average molecular weight is 286 g/mol. The number of alkyl halides is 1. The van der Waals surface area contributed by atoms with Gasteiger partial charge in [0.1, 0.15) is 0 Å². The highest BCUT2D eigenvalue weighted by Crippen LogP contribution is 2.14. The molecule has 2 nitrogen and oxygen atoms in total. The second kappa shape index (κ2) is 5.62. The second-order valence-corrected chi connectivity index (χ2v) is 5.38. The van der Waals surface area contributed by atoms with Crippen molar-refractivity contribution in [2.45, 2.75) is 6.92 Å². The quantitative estimate of drug-likeness (QED) is 0.452. The van der Waals surface area contributed by atoms with Gasteiger partial charge in [-0.1, -0.05) is 34.7 Å². The third kappa shape index (κ3) is 5.29. The summed E-state index contributed by atoms with van der Waals surface area (Å²) in [6.07, 6.45) is 4.45. The largest absolute Gasteiger partial charge is 0.260 e. The van der Waals surface area contributed by atoms with E-state index in [0.29, 0.717) is 5.33 Å². The fourth-order valence-electron chi connectivity index (χ4n) is 0.563. The van der Waals surface area contributed by atoms with Gasteiger partial charge in [0.05, 0.1) is 4.91 Å². The molecular formula is C8H10BrClO2S. The van der Waals surface area contributed by atoms with E-state index in [-0.39, 0.29) is 4.91 Å². The van der Waals surface area contributed by atoms with Gasteiger partial charge in [-0.2, -0.15) is 0 Å². The molecule has 13 heavy (non-hydrogen) atoms. The summed E-state index contributed by atoms with van der Waals surface area (Å²) >= 11 is 3.18. The minimum Gasteiger partial charge on any atom is -0.207 e. The van der Waals surface area contributed by atoms with E-state index in [4.69, 9.17) is 10.7 Å². The van der Waals surface area contributed by atoms with Crippen LogP contribution in [-0.2, 0) is 9.05 Å². The molecule has 0 aliphatic rings. The Labute approximate surface area is 91.5 Å². The van der Waals surface area contributed by atoms with E-state index in [1.807, 2.05) is 0 Å². The van der Waals surface area contributed by atoms with Crippen LogP contribution in [0.1, 0.15) is 6.92 Å². The summed E-state index contributed by atoms with van der Waals surface area (Å²) in [4.78, 5) is 0.0799. The van der Waals surface area contributed by atoms with Crippen LogP contribution in [-0.4, -0.2) is 13.7 Å². The molecule has 0 unspecified atom stereocenters. The minimum absolute atomic E-state index is 0.0799. The molecule has 0 saturated carbocycles. The molecule has 0 aliphatic carbocycles. The number of rotatable bonds is 4. The van der Waals surface area contributed by atoms with Gasteiger partial charge < -0.3 is 0 Å². The first-order valence-electron chi connectivity index (χ1n) is 3.44. The fourth-order valence-corrected chi connectivity index (χ4v) is 1.68. The van der Waals surface area contributed by atoms with Crippen LogP contribution in [0.15, 0.2) is 35.3 Å². The molecule has 0 spiro atoms. The standard InChI is InChI=1S/C8H10BrClO2S/c1-3-8(13(10,11)12)5-4-7(2)6-9/h3-5H,2,6H2,1H3/b5-4-,8-3+. The topological polar surface area (TPSA) is 34.1 Å². The first kappa shape index (κ1) is 12.9. The molecular weight excluding hydrogens is 276 g/mol. The number of hydrogen-bond donors (Lipinski definition) is 0. The van der Waals surface area contributed by atoms with Crippen molar-refractivity contribution in [1.29, 1.82) is 0 Å². The summed E-state index contributed by atoms with van der Waals surface area (Å²) in [6, 6.07) is 0. The number of hydrogen-bond acceptors (Lipinski definition) is 2. The summed E-state index contributed by atoms with van der Waals surface area (Å²) in [7, 11) is 1.51. The van der Waals surface area contributed by atoms with E-state index in [1.54, 1.807) is 13.0 Å². The SMILES string of the molecule is C=C(/C=C\C(=C/C)S(=O)(=O)Cl)CBr. The lowest BCUT2D eigenvalue weighted by molar-refractivity contribution is 0.615. The first-order chi connectivity index (χ1) is 5.91. The Hall–Kier alpha value is -0.0600. The summed E-state index contributed by atoms with van der Waals surface area (Å²) in [5.74, 6) is 0. The molecule has 74 valence electrons. The summed E-state index contributed by atoms with van der Waals surface area (Å²) in [5, 5.41) is 0.600. The van der Waals surface area contributed by atoms with Crippen LogP contribution < -0.4 is 0 Å². The smallest absolute Gasteiger partial charge is 0.207 e. The monoisotopic (exact) mass is 284 g/mol. The highest BCUT2D eigenvalue weighted by molar-refractivity contribution is 9.09. The predicted molar refractivity (Wildman–Crippen MR) is 60.6 cm³/mol. The van der Waals surface area contributed by atoms with Crippen molar-refractivity contribution >= 4 is 35.7 Å². The molecule has 0 fully saturated rings. The van der Waals surface area contributed by atoms with Gasteiger partial charge >= 0.3 is 0 Å². The zero-order valence-corrected chi connectivity index (χ0v) is 10.3. The summed E-state index contributed by atoms with van der Waals surface area (Å²) in [6.45, 7) is 5.27. The molecule has 5 heteroatoms. The van der Waals surface area contributed by atoms with Crippen LogP contribution in [0.3, 0.4) is 0 Å². The minimum atomic E-state index is -3.63. The van der Waals surface area contributed by atoms with Gasteiger partial charge in [0, 0.05) is 16.0 Å².